The Hall–Kier alpha value is -1.81. The van der Waals surface area contributed by atoms with Crippen LogP contribution in [0.5, 0.6) is 0 Å². The lowest BCUT2D eigenvalue weighted by Gasteiger charge is -2.46. The van der Waals surface area contributed by atoms with E-state index in [0.29, 0.717) is 12.8 Å². The Balaban J connectivity index is 3.14. The van der Waals surface area contributed by atoms with E-state index in [1.807, 2.05) is 0 Å². The molecule has 0 heterocycles. The van der Waals surface area contributed by atoms with Crippen molar-refractivity contribution in [3.05, 3.63) is 10.4 Å². The monoisotopic (exact) mass is 472 g/mol. The minimum absolute atomic E-state index is 0.0327. The Bertz CT molecular complexity index is 697. The van der Waals surface area contributed by atoms with Crippen LogP contribution in [0.1, 0.15) is 54.4 Å². The number of hydrogen-bond acceptors (Lipinski definition) is 7. The quantitative estimate of drug-likeness (QED) is 0.138. The van der Waals surface area contributed by atoms with Crippen molar-refractivity contribution in [1.29, 1.82) is 0 Å². The van der Waals surface area contributed by atoms with Crippen LogP contribution in [0, 0.1) is 5.92 Å². The average molecular weight is 473 g/mol. The number of hydrogen-bond donors (Lipinski definition) is 1. The van der Waals surface area contributed by atoms with Crippen LogP contribution in [0.4, 0.5) is 4.79 Å². The molecular formula is C21H40N4O6Si. The van der Waals surface area contributed by atoms with Gasteiger partial charge in [0.15, 0.2) is 8.32 Å². The third-order valence-corrected chi connectivity index (χ3v) is 10.4. The fourth-order valence-corrected chi connectivity index (χ4v) is 4.67. The van der Waals surface area contributed by atoms with Crippen molar-refractivity contribution in [2.24, 2.45) is 11.0 Å². The summed E-state index contributed by atoms with van der Waals surface area (Å²) in [5.74, 6) is -1.01. The molecule has 1 N–H and O–H groups in total. The largest absolute Gasteiger partial charge is 0.469 e. The van der Waals surface area contributed by atoms with E-state index in [0.717, 1.165) is 0 Å². The van der Waals surface area contributed by atoms with Crippen molar-refractivity contribution in [3.8, 4) is 0 Å². The van der Waals surface area contributed by atoms with Crippen molar-refractivity contribution >= 4 is 20.4 Å². The molecular weight excluding hydrogens is 432 g/mol. The Morgan fingerprint density at radius 1 is 1.12 bits per heavy atom. The van der Waals surface area contributed by atoms with Gasteiger partial charge in [-0.1, -0.05) is 25.9 Å². The van der Waals surface area contributed by atoms with Crippen LogP contribution < -0.4 is 5.32 Å². The van der Waals surface area contributed by atoms with Gasteiger partial charge in [-0.25, -0.2) is 4.79 Å². The number of azide groups is 1. The average Bonchev–Trinajstić information content (AvgIpc) is 2.63. The van der Waals surface area contributed by atoms with Gasteiger partial charge in [0.05, 0.1) is 31.8 Å². The molecule has 0 aromatic rings. The number of amides is 1. The van der Waals surface area contributed by atoms with Gasteiger partial charge in [-0.05, 0) is 57.3 Å². The van der Waals surface area contributed by atoms with Gasteiger partial charge < -0.3 is 24.0 Å². The second-order valence-electron chi connectivity index (χ2n) is 10.6. The Morgan fingerprint density at radius 2 is 1.75 bits per heavy atom. The summed E-state index contributed by atoms with van der Waals surface area (Å²) in [4.78, 5) is 27.8. The number of nitrogens with zero attached hydrogens (tertiary/aromatic N) is 3. The summed E-state index contributed by atoms with van der Waals surface area (Å²) < 4.78 is 23.1. The standard InChI is InChI=1S/C21H40N4O6Si/c1-20(2,3)30-19(27)24-15-13-16(29-11-10-23-25-22)17(12-14(15)18(26)28-7)31-32(8,9)21(4,5)6/h14-17H,10-13H2,1-9H3,(H,24,27)/t14-,15-,16-,17-/m1/s1. The van der Waals surface area contributed by atoms with E-state index in [4.69, 9.17) is 24.2 Å². The molecule has 4 atom stereocenters. The molecule has 32 heavy (non-hydrogen) atoms. The molecule has 0 unspecified atom stereocenters. The van der Waals surface area contributed by atoms with Gasteiger partial charge >= 0.3 is 12.1 Å². The molecule has 0 bridgehead atoms. The molecule has 1 aliphatic carbocycles. The van der Waals surface area contributed by atoms with Crippen LogP contribution in [-0.2, 0) is 23.4 Å². The van der Waals surface area contributed by atoms with Gasteiger partial charge in [-0.15, -0.1) is 0 Å². The highest BCUT2D eigenvalue weighted by Crippen LogP contribution is 2.40. The van der Waals surface area contributed by atoms with E-state index in [1.165, 1.54) is 7.11 Å². The van der Waals surface area contributed by atoms with Crippen molar-refractivity contribution < 1.29 is 28.2 Å². The van der Waals surface area contributed by atoms with Crippen LogP contribution in [0.3, 0.4) is 0 Å². The molecule has 184 valence electrons. The minimum atomic E-state index is -2.17. The van der Waals surface area contributed by atoms with E-state index >= 15 is 0 Å². The van der Waals surface area contributed by atoms with Gasteiger partial charge in [0.25, 0.3) is 0 Å². The Labute approximate surface area is 192 Å². The van der Waals surface area contributed by atoms with Gasteiger partial charge in [0.1, 0.15) is 5.60 Å². The lowest BCUT2D eigenvalue weighted by molar-refractivity contribution is -0.152. The number of esters is 1. The van der Waals surface area contributed by atoms with E-state index in [-0.39, 0.29) is 30.4 Å². The van der Waals surface area contributed by atoms with Crippen LogP contribution in [0.15, 0.2) is 5.11 Å². The lowest BCUT2D eigenvalue weighted by Crippen LogP contribution is -2.57. The van der Waals surface area contributed by atoms with Gasteiger partial charge in [0, 0.05) is 17.5 Å². The fourth-order valence-electron chi connectivity index (χ4n) is 3.31. The second-order valence-corrected chi connectivity index (χ2v) is 15.4. The summed E-state index contributed by atoms with van der Waals surface area (Å²) in [7, 11) is -0.843. The summed E-state index contributed by atoms with van der Waals surface area (Å²) in [5, 5.41) is 6.30. The highest BCUT2D eigenvalue weighted by atomic mass is 28.4. The molecule has 11 heteroatoms. The zero-order valence-corrected chi connectivity index (χ0v) is 21.9. The van der Waals surface area contributed by atoms with Crippen molar-refractivity contribution in [2.45, 2.75) is 96.4 Å². The molecule has 0 spiro atoms. The fraction of sp³-hybridized carbons (Fsp3) is 0.905. The predicted octanol–water partition coefficient (Wildman–Crippen LogP) is 4.55. The third-order valence-electron chi connectivity index (χ3n) is 5.92. The summed E-state index contributed by atoms with van der Waals surface area (Å²) in [6, 6.07) is -0.541. The topological polar surface area (TPSA) is 132 Å². The first kappa shape index (κ1) is 28.2. The SMILES string of the molecule is COC(=O)[C@@H]1C[C@@H](O[Si](C)(C)C(C)(C)C)[C@H](OCCN=[N+]=[N-])C[C@H]1NC(=O)OC(C)(C)C. The first-order chi connectivity index (χ1) is 14.6. The van der Waals surface area contributed by atoms with Crippen molar-refractivity contribution in [3.63, 3.8) is 0 Å². The molecule has 1 amide bonds. The second kappa shape index (κ2) is 11.4. The molecule has 0 aromatic carbocycles. The van der Waals surface area contributed by atoms with Crippen LogP contribution in [0.25, 0.3) is 10.4 Å². The number of carbonyl (C=O) groups excluding carboxylic acids is 2. The van der Waals surface area contributed by atoms with E-state index in [9.17, 15) is 9.59 Å². The normalized spacial score (nSPS) is 24.3. The number of methoxy groups -OCH3 is 1. The molecule has 1 saturated carbocycles. The molecule has 0 aromatic heterocycles. The summed E-state index contributed by atoms with van der Waals surface area (Å²) in [5.41, 5.74) is 7.86. The molecule has 0 saturated heterocycles. The maximum absolute atomic E-state index is 12.6. The van der Waals surface area contributed by atoms with Gasteiger partial charge in [-0.2, -0.15) is 0 Å². The number of nitrogens with one attached hydrogen (secondary N) is 1. The smallest absolute Gasteiger partial charge is 0.407 e. The number of rotatable bonds is 8. The van der Waals surface area contributed by atoms with Crippen LogP contribution in [-0.4, -0.2) is 64.5 Å². The number of carbonyl (C=O) groups is 2. The zero-order chi connectivity index (χ0) is 24.7. The molecule has 0 aliphatic heterocycles. The van der Waals surface area contributed by atoms with E-state index < -0.39 is 37.9 Å². The zero-order valence-electron chi connectivity index (χ0n) is 20.9. The highest BCUT2D eigenvalue weighted by Gasteiger charge is 2.47. The molecule has 1 rings (SSSR count). The van der Waals surface area contributed by atoms with Crippen molar-refractivity contribution in [2.75, 3.05) is 20.3 Å². The number of alkyl carbamates (subject to hydrolysis) is 1. The van der Waals surface area contributed by atoms with Gasteiger partial charge in [-0.3, -0.25) is 4.79 Å². The first-order valence-corrected chi connectivity index (χ1v) is 13.9. The summed E-state index contributed by atoms with van der Waals surface area (Å²) in [6.07, 6.45) is -0.671. The van der Waals surface area contributed by atoms with Gasteiger partial charge in [0.2, 0.25) is 0 Å². The third kappa shape index (κ3) is 8.61. The van der Waals surface area contributed by atoms with E-state index in [2.05, 4.69) is 49.2 Å². The van der Waals surface area contributed by atoms with Crippen LogP contribution in [0.2, 0.25) is 18.1 Å². The van der Waals surface area contributed by atoms with Crippen LogP contribution >= 0.6 is 0 Å². The summed E-state index contributed by atoms with van der Waals surface area (Å²) in [6.45, 7) is 16.4. The molecule has 0 radical (unpaired) electrons. The Morgan fingerprint density at radius 3 is 2.25 bits per heavy atom. The predicted molar refractivity (Wildman–Crippen MR) is 124 cm³/mol. The maximum Gasteiger partial charge on any atom is 0.407 e. The molecule has 1 fully saturated rings. The van der Waals surface area contributed by atoms with Crippen molar-refractivity contribution in [1.82, 2.24) is 5.32 Å². The molecule has 10 nitrogen and oxygen atoms in total. The Kier molecular flexibility index (Phi) is 10.0. The first-order valence-electron chi connectivity index (χ1n) is 11.0. The maximum atomic E-state index is 12.6. The lowest BCUT2D eigenvalue weighted by atomic mass is 9.81. The van der Waals surface area contributed by atoms with E-state index in [1.54, 1.807) is 20.8 Å². The molecule has 1 aliphatic rings. The summed E-state index contributed by atoms with van der Waals surface area (Å²) >= 11 is 0. The highest BCUT2D eigenvalue weighted by molar-refractivity contribution is 6.74. The minimum Gasteiger partial charge on any atom is -0.469 e. The number of ether oxygens (including phenoxy) is 3.